The maximum atomic E-state index is 13.3. The highest BCUT2D eigenvalue weighted by Crippen LogP contribution is 2.23. The van der Waals surface area contributed by atoms with Gasteiger partial charge in [-0.05, 0) is 49.7 Å². The number of anilines is 1. The number of carbonyl (C=O) groups is 2. The number of halogens is 2. The van der Waals surface area contributed by atoms with Gasteiger partial charge >= 0.3 is 0 Å². The first-order valence-electron chi connectivity index (χ1n) is 9.58. The molecule has 7 nitrogen and oxygen atoms in total. The van der Waals surface area contributed by atoms with Gasteiger partial charge in [-0.25, -0.2) is 8.42 Å². The molecule has 0 saturated heterocycles. The van der Waals surface area contributed by atoms with Crippen LogP contribution in [0.25, 0.3) is 0 Å². The van der Waals surface area contributed by atoms with Crippen molar-refractivity contribution in [2.45, 2.75) is 26.4 Å². The zero-order valence-corrected chi connectivity index (χ0v) is 20.7. The van der Waals surface area contributed by atoms with Crippen LogP contribution in [0.3, 0.4) is 0 Å². The highest BCUT2D eigenvalue weighted by Gasteiger charge is 2.30. The van der Waals surface area contributed by atoms with Gasteiger partial charge in [0.15, 0.2) is 0 Å². The lowest BCUT2D eigenvalue weighted by Gasteiger charge is -2.31. The second-order valence-electron chi connectivity index (χ2n) is 6.93. The van der Waals surface area contributed by atoms with Crippen molar-refractivity contribution in [1.29, 1.82) is 0 Å². The van der Waals surface area contributed by atoms with Gasteiger partial charge in [0.05, 0.1) is 11.9 Å². The predicted octanol–water partition coefficient (Wildman–Crippen LogP) is 3.42. The van der Waals surface area contributed by atoms with Gasteiger partial charge in [-0.2, -0.15) is 0 Å². The summed E-state index contributed by atoms with van der Waals surface area (Å²) in [4.78, 5) is 27.1. The number of likely N-dealkylation sites (N-methyl/N-ethyl adjacent to an activating group) is 1. The molecule has 0 spiro atoms. The molecule has 0 bridgehead atoms. The van der Waals surface area contributed by atoms with Crippen LogP contribution in [-0.4, -0.2) is 50.5 Å². The number of sulfonamides is 1. The Kier molecular flexibility index (Phi) is 8.90. The summed E-state index contributed by atoms with van der Waals surface area (Å²) in [6.07, 6.45) is 1.04. The Morgan fingerprint density at radius 2 is 1.74 bits per heavy atom. The van der Waals surface area contributed by atoms with Gasteiger partial charge in [0, 0.05) is 22.6 Å². The molecule has 1 unspecified atom stereocenters. The third-order valence-electron chi connectivity index (χ3n) is 4.61. The minimum absolute atomic E-state index is 0.0642. The molecule has 0 aromatic heterocycles. The van der Waals surface area contributed by atoms with Crippen molar-refractivity contribution in [1.82, 2.24) is 10.2 Å². The summed E-state index contributed by atoms with van der Waals surface area (Å²) in [5.41, 5.74) is 1.01. The number of hydrogen-bond donors (Lipinski definition) is 1. The van der Waals surface area contributed by atoms with Crippen molar-refractivity contribution in [2.24, 2.45) is 0 Å². The zero-order chi connectivity index (χ0) is 23.2. The summed E-state index contributed by atoms with van der Waals surface area (Å²) in [5, 5.41) is 3.15. The standard InChI is InChI=1S/C21H25BrClN3O4S/c1-4-24-21(28)15(2)25(13-16-7-5-6-8-19(16)23)20(27)14-26(31(3,29)30)18-11-9-17(22)10-12-18/h5-12,15H,4,13-14H2,1-3H3,(H,24,28). The predicted molar refractivity (Wildman–Crippen MR) is 126 cm³/mol. The number of benzene rings is 2. The highest BCUT2D eigenvalue weighted by atomic mass is 79.9. The van der Waals surface area contributed by atoms with Crippen LogP contribution < -0.4 is 9.62 Å². The lowest BCUT2D eigenvalue weighted by molar-refractivity contribution is -0.139. The number of nitrogens with zero attached hydrogens (tertiary/aromatic N) is 2. The quantitative estimate of drug-likeness (QED) is 0.538. The number of hydrogen-bond acceptors (Lipinski definition) is 4. The van der Waals surface area contributed by atoms with Crippen LogP contribution in [0.1, 0.15) is 19.4 Å². The zero-order valence-electron chi connectivity index (χ0n) is 17.5. The molecular weight excluding hydrogens is 506 g/mol. The molecule has 1 N–H and O–H groups in total. The molecule has 2 amide bonds. The third-order valence-corrected chi connectivity index (χ3v) is 6.65. The molecule has 2 rings (SSSR count). The molecule has 168 valence electrons. The molecule has 1 atom stereocenters. The average molecular weight is 531 g/mol. The first-order valence-corrected chi connectivity index (χ1v) is 12.6. The fraction of sp³-hybridized carbons (Fsp3) is 0.333. The van der Waals surface area contributed by atoms with E-state index in [1.165, 1.54) is 4.90 Å². The second-order valence-corrected chi connectivity index (χ2v) is 10.2. The summed E-state index contributed by atoms with van der Waals surface area (Å²) in [7, 11) is -3.75. The molecule has 10 heteroatoms. The molecule has 0 aliphatic rings. The Labute approximate surface area is 196 Å². The topological polar surface area (TPSA) is 86.8 Å². The van der Waals surface area contributed by atoms with E-state index < -0.39 is 28.5 Å². The van der Waals surface area contributed by atoms with Crippen LogP contribution in [0.15, 0.2) is 53.0 Å². The van der Waals surface area contributed by atoms with Gasteiger partial charge in [0.2, 0.25) is 21.8 Å². The molecule has 0 fully saturated rings. The maximum Gasteiger partial charge on any atom is 0.244 e. The van der Waals surface area contributed by atoms with Crippen LogP contribution >= 0.6 is 27.5 Å². The number of amides is 2. The summed E-state index contributed by atoms with van der Waals surface area (Å²) in [5.74, 6) is -0.857. The Balaban J connectivity index is 2.38. The molecular formula is C21H25BrClN3O4S. The Hall–Kier alpha value is -2.10. The maximum absolute atomic E-state index is 13.3. The number of carbonyl (C=O) groups excluding carboxylic acids is 2. The van der Waals surface area contributed by atoms with E-state index in [4.69, 9.17) is 11.6 Å². The van der Waals surface area contributed by atoms with Gasteiger partial charge in [0.1, 0.15) is 12.6 Å². The molecule has 0 aliphatic carbocycles. The largest absolute Gasteiger partial charge is 0.355 e. The molecule has 2 aromatic carbocycles. The second kappa shape index (κ2) is 11.0. The lowest BCUT2D eigenvalue weighted by atomic mass is 10.1. The molecule has 0 aliphatic heterocycles. The van der Waals surface area contributed by atoms with Gasteiger partial charge in [-0.1, -0.05) is 45.7 Å². The van der Waals surface area contributed by atoms with E-state index in [1.54, 1.807) is 62.4 Å². The normalized spacial score (nSPS) is 12.2. The lowest BCUT2D eigenvalue weighted by Crippen LogP contribution is -2.51. The minimum Gasteiger partial charge on any atom is -0.355 e. The smallest absolute Gasteiger partial charge is 0.244 e. The van der Waals surface area contributed by atoms with Crippen molar-refractivity contribution < 1.29 is 18.0 Å². The molecule has 0 radical (unpaired) electrons. The van der Waals surface area contributed by atoms with Gasteiger partial charge in [-0.15, -0.1) is 0 Å². The van der Waals surface area contributed by atoms with Crippen LogP contribution in [-0.2, 0) is 26.2 Å². The van der Waals surface area contributed by atoms with Crippen LogP contribution in [0.2, 0.25) is 5.02 Å². The minimum atomic E-state index is -3.75. The summed E-state index contributed by atoms with van der Waals surface area (Å²) >= 11 is 9.57. The van der Waals surface area contributed by atoms with Crippen molar-refractivity contribution in [3.63, 3.8) is 0 Å². The van der Waals surface area contributed by atoms with E-state index in [1.807, 2.05) is 0 Å². The SMILES string of the molecule is CCNC(=O)C(C)N(Cc1ccccc1Cl)C(=O)CN(c1ccc(Br)cc1)S(C)(=O)=O. The van der Waals surface area contributed by atoms with Gasteiger partial charge in [-0.3, -0.25) is 13.9 Å². The van der Waals surface area contributed by atoms with Crippen molar-refractivity contribution in [2.75, 3.05) is 23.7 Å². The number of nitrogens with one attached hydrogen (secondary N) is 1. The fourth-order valence-corrected chi connectivity index (χ4v) is 4.25. The first-order chi connectivity index (χ1) is 14.5. The monoisotopic (exact) mass is 529 g/mol. The van der Waals surface area contributed by atoms with Crippen molar-refractivity contribution in [3.05, 3.63) is 63.6 Å². The van der Waals surface area contributed by atoms with Gasteiger partial charge < -0.3 is 10.2 Å². The Morgan fingerprint density at radius 3 is 2.29 bits per heavy atom. The Bertz CT molecular complexity index is 1030. The van der Waals surface area contributed by atoms with Crippen molar-refractivity contribution in [3.8, 4) is 0 Å². The number of rotatable bonds is 9. The summed E-state index contributed by atoms with van der Waals surface area (Å²) in [6.45, 7) is 3.41. The van der Waals surface area contributed by atoms with E-state index in [9.17, 15) is 18.0 Å². The molecule has 0 saturated carbocycles. The first kappa shape index (κ1) is 25.2. The molecule has 2 aromatic rings. The third kappa shape index (κ3) is 6.95. The van der Waals surface area contributed by atoms with E-state index in [-0.39, 0.29) is 12.5 Å². The molecule has 0 heterocycles. The summed E-state index contributed by atoms with van der Waals surface area (Å²) < 4.78 is 26.7. The Morgan fingerprint density at radius 1 is 1.13 bits per heavy atom. The van der Waals surface area contributed by atoms with Crippen LogP contribution in [0.4, 0.5) is 5.69 Å². The van der Waals surface area contributed by atoms with E-state index >= 15 is 0 Å². The van der Waals surface area contributed by atoms with Crippen LogP contribution in [0.5, 0.6) is 0 Å². The van der Waals surface area contributed by atoms with E-state index in [0.717, 1.165) is 15.0 Å². The van der Waals surface area contributed by atoms with Gasteiger partial charge in [0.25, 0.3) is 0 Å². The highest BCUT2D eigenvalue weighted by molar-refractivity contribution is 9.10. The molecule has 31 heavy (non-hydrogen) atoms. The van der Waals surface area contributed by atoms with Crippen LogP contribution in [0, 0.1) is 0 Å². The van der Waals surface area contributed by atoms with E-state index in [2.05, 4.69) is 21.2 Å². The average Bonchev–Trinajstić information content (AvgIpc) is 2.71. The fourth-order valence-electron chi connectivity index (χ4n) is 2.94. The van der Waals surface area contributed by atoms with E-state index in [0.29, 0.717) is 22.8 Å². The van der Waals surface area contributed by atoms with Crippen molar-refractivity contribution >= 4 is 55.1 Å². The summed E-state index contributed by atoms with van der Waals surface area (Å²) in [6, 6.07) is 12.8.